The van der Waals surface area contributed by atoms with Gasteiger partial charge in [-0.15, -0.1) is 0 Å². The van der Waals surface area contributed by atoms with E-state index in [2.05, 4.69) is 29.0 Å². The van der Waals surface area contributed by atoms with Gasteiger partial charge in [-0.2, -0.15) is 11.8 Å². The fourth-order valence-electron chi connectivity index (χ4n) is 1.59. The second kappa shape index (κ2) is 4.60. The highest BCUT2D eigenvalue weighted by molar-refractivity contribution is 8.14. The minimum atomic E-state index is 0.676. The lowest BCUT2D eigenvalue weighted by Crippen LogP contribution is -2.36. The first kappa shape index (κ1) is 9.71. The Labute approximate surface area is 88.3 Å². The van der Waals surface area contributed by atoms with Crippen LogP contribution in [0.5, 0.6) is 0 Å². The number of aliphatic imine (C=N–C) groups is 1. The second-order valence-corrected chi connectivity index (χ2v) is 6.21. The molecule has 4 heteroatoms. The average Bonchev–Trinajstić information content (AvgIpc) is 2.53. The van der Waals surface area contributed by atoms with Crippen LogP contribution in [-0.2, 0) is 0 Å². The Morgan fingerprint density at radius 2 is 2.46 bits per heavy atom. The van der Waals surface area contributed by atoms with E-state index in [0.717, 1.165) is 6.54 Å². The standard InChI is InChI=1S/C9H16N2S2/c1-7-5-10-9(13-7)11-8-3-2-4-12-6-8/h7-8H,2-6H2,1H3,(H,10,11). The fourth-order valence-corrected chi connectivity index (χ4v) is 3.57. The maximum atomic E-state index is 4.47. The van der Waals surface area contributed by atoms with Gasteiger partial charge in [-0.25, -0.2) is 0 Å². The number of rotatable bonds is 1. The van der Waals surface area contributed by atoms with Crippen molar-refractivity contribution in [2.75, 3.05) is 18.1 Å². The summed E-state index contributed by atoms with van der Waals surface area (Å²) in [5.41, 5.74) is 0. The normalized spacial score (nSPS) is 34.4. The molecule has 0 amide bonds. The van der Waals surface area contributed by atoms with E-state index in [1.807, 2.05) is 11.8 Å². The highest BCUT2D eigenvalue weighted by Crippen LogP contribution is 2.22. The van der Waals surface area contributed by atoms with Gasteiger partial charge in [-0.3, -0.25) is 4.99 Å². The van der Waals surface area contributed by atoms with Crippen LogP contribution in [0.15, 0.2) is 4.99 Å². The maximum absolute atomic E-state index is 4.47. The zero-order valence-electron chi connectivity index (χ0n) is 7.95. The molecule has 0 spiro atoms. The van der Waals surface area contributed by atoms with Crippen molar-refractivity contribution >= 4 is 28.7 Å². The summed E-state index contributed by atoms with van der Waals surface area (Å²) in [5.74, 6) is 2.60. The first-order chi connectivity index (χ1) is 6.34. The molecule has 2 aliphatic heterocycles. The van der Waals surface area contributed by atoms with Crippen LogP contribution in [0.1, 0.15) is 19.8 Å². The number of amidine groups is 1. The van der Waals surface area contributed by atoms with Crippen molar-refractivity contribution in [2.24, 2.45) is 4.99 Å². The molecule has 0 aromatic carbocycles. The van der Waals surface area contributed by atoms with Crippen molar-refractivity contribution in [2.45, 2.75) is 31.1 Å². The van der Waals surface area contributed by atoms with Gasteiger partial charge in [0, 0.05) is 17.0 Å². The molecule has 2 atom stereocenters. The lowest BCUT2D eigenvalue weighted by molar-refractivity contribution is 0.597. The maximum Gasteiger partial charge on any atom is 0.157 e. The molecule has 0 aromatic heterocycles. The van der Waals surface area contributed by atoms with Crippen LogP contribution >= 0.6 is 23.5 Å². The van der Waals surface area contributed by atoms with Crippen molar-refractivity contribution < 1.29 is 0 Å². The molecule has 2 aliphatic rings. The minimum Gasteiger partial charge on any atom is -0.361 e. The topological polar surface area (TPSA) is 24.4 Å². The van der Waals surface area contributed by atoms with Gasteiger partial charge in [-0.1, -0.05) is 18.7 Å². The summed E-state index contributed by atoms with van der Waals surface area (Å²) in [6.07, 6.45) is 2.68. The Morgan fingerprint density at radius 3 is 3.08 bits per heavy atom. The zero-order chi connectivity index (χ0) is 9.10. The zero-order valence-corrected chi connectivity index (χ0v) is 9.59. The molecule has 1 N–H and O–H groups in total. The van der Waals surface area contributed by atoms with Gasteiger partial charge < -0.3 is 5.32 Å². The number of nitrogens with one attached hydrogen (secondary N) is 1. The summed E-state index contributed by atoms with van der Waals surface area (Å²) in [4.78, 5) is 4.47. The Hall–Kier alpha value is 0.170. The third-order valence-electron chi connectivity index (χ3n) is 2.29. The molecule has 1 fully saturated rings. The predicted octanol–water partition coefficient (Wildman–Crippen LogP) is 1.96. The molecule has 2 nitrogen and oxygen atoms in total. The van der Waals surface area contributed by atoms with E-state index in [9.17, 15) is 0 Å². The summed E-state index contributed by atoms with van der Waals surface area (Å²) >= 11 is 3.95. The van der Waals surface area contributed by atoms with Crippen molar-refractivity contribution in [1.82, 2.24) is 5.32 Å². The van der Waals surface area contributed by atoms with Crippen LogP contribution < -0.4 is 5.32 Å². The highest BCUT2D eigenvalue weighted by Gasteiger charge is 2.19. The molecule has 13 heavy (non-hydrogen) atoms. The SMILES string of the molecule is CC1CN=C(NC2CCCSC2)S1. The first-order valence-corrected chi connectivity index (χ1v) is 6.93. The van der Waals surface area contributed by atoms with Crippen molar-refractivity contribution in [1.29, 1.82) is 0 Å². The molecular formula is C9H16N2S2. The van der Waals surface area contributed by atoms with Crippen LogP contribution in [0.3, 0.4) is 0 Å². The highest BCUT2D eigenvalue weighted by atomic mass is 32.2. The van der Waals surface area contributed by atoms with E-state index >= 15 is 0 Å². The van der Waals surface area contributed by atoms with Crippen LogP contribution in [0.2, 0.25) is 0 Å². The first-order valence-electron chi connectivity index (χ1n) is 4.90. The van der Waals surface area contributed by atoms with Crippen LogP contribution in [0.4, 0.5) is 0 Å². The summed E-state index contributed by atoms with van der Waals surface area (Å²) in [5, 5.41) is 5.40. The molecule has 74 valence electrons. The molecule has 0 aliphatic carbocycles. The van der Waals surface area contributed by atoms with Gasteiger partial charge >= 0.3 is 0 Å². The van der Waals surface area contributed by atoms with E-state index in [1.165, 1.54) is 29.5 Å². The molecule has 1 saturated heterocycles. The van der Waals surface area contributed by atoms with Gasteiger partial charge in [0.1, 0.15) is 0 Å². The Morgan fingerprint density at radius 1 is 1.54 bits per heavy atom. The smallest absolute Gasteiger partial charge is 0.157 e. The molecule has 0 bridgehead atoms. The Kier molecular flexibility index (Phi) is 3.44. The predicted molar refractivity (Wildman–Crippen MR) is 62.8 cm³/mol. The minimum absolute atomic E-state index is 0.676. The fraction of sp³-hybridized carbons (Fsp3) is 0.889. The summed E-state index contributed by atoms with van der Waals surface area (Å²) in [7, 11) is 0. The number of thioether (sulfide) groups is 2. The monoisotopic (exact) mass is 216 g/mol. The molecule has 2 rings (SSSR count). The van der Waals surface area contributed by atoms with E-state index in [-0.39, 0.29) is 0 Å². The number of nitrogens with zero attached hydrogens (tertiary/aromatic N) is 1. The van der Waals surface area contributed by atoms with Crippen molar-refractivity contribution in [3.05, 3.63) is 0 Å². The van der Waals surface area contributed by atoms with Crippen LogP contribution in [0, 0.1) is 0 Å². The molecule has 0 aromatic rings. The average molecular weight is 216 g/mol. The van der Waals surface area contributed by atoms with Gasteiger partial charge in [0.2, 0.25) is 0 Å². The van der Waals surface area contributed by atoms with Gasteiger partial charge in [-0.05, 0) is 18.6 Å². The largest absolute Gasteiger partial charge is 0.361 e. The summed E-state index contributed by atoms with van der Waals surface area (Å²) in [6, 6.07) is 0.676. The van der Waals surface area contributed by atoms with Gasteiger partial charge in [0.05, 0.1) is 6.54 Å². The lowest BCUT2D eigenvalue weighted by atomic mass is 10.2. The number of hydrogen-bond donors (Lipinski definition) is 1. The van der Waals surface area contributed by atoms with Crippen molar-refractivity contribution in [3.8, 4) is 0 Å². The Bertz CT molecular complexity index is 200. The molecule has 0 saturated carbocycles. The quantitative estimate of drug-likeness (QED) is 0.725. The van der Waals surface area contributed by atoms with Gasteiger partial charge in [0.25, 0.3) is 0 Å². The van der Waals surface area contributed by atoms with E-state index < -0.39 is 0 Å². The second-order valence-electron chi connectivity index (χ2n) is 3.63. The lowest BCUT2D eigenvalue weighted by Gasteiger charge is -2.23. The molecule has 2 unspecified atom stereocenters. The van der Waals surface area contributed by atoms with E-state index in [0.29, 0.717) is 11.3 Å². The van der Waals surface area contributed by atoms with E-state index in [4.69, 9.17) is 0 Å². The van der Waals surface area contributed by atoms with Crippen LogP contribution in [-0.4, -0.2) is 34.5 Å². The van der Waals surface area contributed by atoms with Crippen LogP contribution in [0.25, 0.3) is 0 Å². The number of hydrogen-bond acceptors (Lipinski definition) is 4. The third-order valence-corrected chi connectivity index (χ3v) is 4.53. The molecule has 2 heterocycles. The van der Waals surface area contributed by atoms with E-state index in [1.54, 1.807) is 0 Å². The molecular weight excluding hydrogens is 200 g/mol. The molecule has 0 radical (unpaired) electrons. The van der Waals surface area contributed by atoms with Gasteiger partial charge in [0.15, 0.2) is 5.17 Å². The Balaban J connectivity index is 1.77. The van der Waals surface area contributed by atoms with Crippen molar-refractivity contribution in [3.63, 3.8) is 0 Å². The third kappa shape index (κ3) is 2.81. The summed E-state index contributed by atoms with van der Waals surface area (Å²) < 4.78 is 0. The summed E-state index contributed by atoms with van der Waals surface area (Å²) in [6.45, 7) is 3.23.